The molecule has 1 fully saturated rings. The number of hydrogen-bond acceptors (Lipinski definition) is 3. The number of carbonyl (C=O) groups excluding carboxylic acids is 2. The number of rotatable bonds is 4. The van der Waals surface area contributed by atoms with Crippen molar-refractivity contribution in [1.29, 1.82) is 0 Å². The van der Waals surface area contributed by atoms with E-state index in [1.165, 1.54) is 6.92 Å². The van der Waals surface area contributed by atoms with Gasteiger partial charge in [-0.2, -0.15) is 0 Å². The number of nitrogens with one attached hydrogen (secondary N) is 1. The van der Waals surface area contributed by atoms with Crippen LogP contribution >= 0.6 is 34.8 Å². The van der Waals surface area contributed by atoms with E-state index in [0.29, 0.717) is 17.1 Å². The normalized spacial score (nSPS) is 24.0. The molecule has 1 aromatic carbocycles. The average Bonchev–Trinajstić information content (AvgIpc) is 2.89. The lowest BCUT2D eigenvalue weighted by Gasteiger charge is -2.17. The molecule has 0 saturated heterocycles. The van der Waals surface area contributed by atoms with Crippen LogP contribution in [0.5, 0.6) is 0 Å². The van der Waals surface area contributed by atoms with Crippen LogP contribution in [0.2, 0.25) is 5.02 Å². The van der Waals surface area contributed by atoms with E-state index in [1.54, 1.807) is 31.2 Å². The van der Waals surface area contributed by atoms with E-state index in [4.69, 9.17) is 39.5 Å². The molecular formula is C14H14Cl3NO3. The predicted molar refractivity (Wildman–Crippen MR) is 82.8 cm³/mol. The fourth-order valence-electron chi connectivity index (χ4n) is 1.78. The highest BCUT2D eigenvalue weighted by Crippen LogP contribution is 2.64. The molecular weight excluding hydrogens is 337 g/mol. The monoisotopic (exact) mass is 349 g/mol. The van der Waals surface area contributed by atoms with Crippen LogP contribution in [0.3, 0.4) is 0 Å². The molecule has 7 heteroatoms. The van der Waals surface area contributed by atoms with E-state index in [2.05, 4.69) is 5.32 Å². The topological polar surface area (TPSA) is 55.4 Å². The molecule has 0 aliphatic heterocycles. The lowest BCUT2D eigenvalue weighted by Crippen LogP contribution is -2.33. The summed E-state index contributed by atoms with van der Waals surface area (Å²) < 4.78 is 4.01. The zero-order valence-electron chi connectivity index (χ0n) is 11.5. The van der Waals surface area contributed by atoms with Crippen LogP contribution in [0.15, 0.2) is 24.3 Å². The first kappa shape index (κ1) is 16.4. The van der Waals surface area contributed by atoms with Gasteiger partial charge in [0.1, 0.15) is 9.75 Å². The Balaban J connectivity index is 1.93. The molecule has 0 spiro atoms. The molecule has 4 nitrogen and oxygen atoms in total. The Morgan fingerprint density at radius 2 is 2.00 bits per heavy atom. The SMILES string of the molecule is C[C@@H](OC(=O)[C@]1(C)CC1(Cl)Cl)C(=O)Nc1cccc(Cl)c1. The molecule has 1 aliphatic carbocycles. The summed E-state index contributed by atoms with van der Waals surface area (Å²) in [5.74, 6) is -1.04. The number of halogens is 3. The third-order valence-electron chi connectivity index (χ3n) is 3.45. The van der Waals surface area contributed by atoms with Crippen molar-refractivity contribution in [2.45, 2.75) is 30.7 Å². The van der Waals surface area contributed by atoms with Crippen molar-refractivity contribution in [3.05, 3.63) is 29.3 Å². The van der Waals surface area contributed by atoms with Crippen molar-refractivity contribution in [1.82, 2.24) is 0 Å². The van der Waals surface area contributed by atoms with E-state index in [9.17, 15) is 9.59 Å². The number of amides is 1. The molecule has 0 radical (unpaired) electrons. The molecule has 0 heterocycles. The standard InChI is InChI=1S/C14H14Cl3NO3/c1-8(21-12(20)13(2)7-14(13,16)17)11(19)18-10-5-3-4-9(15)6-10/h3-6,8H,7H2,1-2H3,(H,18,19)/t8-,13+/m1/s1. The largest absolute Gasteiger partial charge is 0.452 e. The maximum Gasteiger partial charge on any atom is 0.315 e. The van der Waals surface area contributed by atoms with E-state index in [1.807, 2.05) is 0 Å². The minimum atomic E-state index is -1.12. The van der Waals surface area contributed by atoms with Gasteiger partial charge in [0.15, 0.2) is 6.10 Å². The Labute approximate surface area is 137 Å². The first-order valence-electron chi connectivity index (χ1n) is 6.31. The number of alkyl halides is 2. The molecule has 1 aromatic rings. The Kier molecular flexibility index (Phi) is 4.43. The van der Waals surface area contributed by atoms with Crippen molar-refractivity contribution >= 4 is 52.4 Å². The highest BCUT2D eigenvalue weighted by atomic mass is 35.5. The summed E-state index contributed by atoms with van der Waals surface area (Å²) in [6.07, 6.45) is -0.650. The highest BCUT2D eigenvalue weighted by molar-refractivity contribution is 6.53. The van der Waals surface area contributed by atoms with Gasteiger partial charge in [0.2, 0.25) is 0 Å². The Morgan fingerprint density at radius 3 is 2.52 bits per heavy atom. The molecule has 2 atom stereocenters. The molecule has 1 aliphatic rings. The average molecular weight is 351 g/mol. The first-order valence-corrected chi connectivity index (χ1v) is 7.44. The fourth-order valence-corrected chi connectivity index (χ4v) is 2.65. The van der Waals surface area contributed by atoms with Crippen LogP contribution in [0.25, 0.3) is 0 Å². The van der Waals surface area contributed by atoms with Crippen molar-refractivity contribution in [3.8, 4) is 0 Å². The van der Waals surface area contributed by atoms with E-state index in [0.717, 1.165) is 0 Å². The zero-order chi connectivity index (χ0) is 15.8. The van der Waals surface area contributed by atoms with Crippen LogP contribution in [0.1, 0.15) is 20.3 Å². The first-order chi connectivity index (χ1) is 9.65. The molecule has 1 amide bonds. The summed E-state index contributed by atoms with van der Waals surface area (Å²) in [7, 11) is 0. The van der Waals surface area contributed by atoms with Crippen LogP contribution in [-0.2, 0) is 14.3 Å². The third-order valence-corrected chi connectivity index (χ3v) is 4.79. The van der Waals surface area contributed by atoms with Gasteiger partial charge in [-0.25, -0.2) is 0 Å². The van der Waals surface area contributed by atoms with Crippen molar-refractivity contribution in [2.75, 3.05) is 5.32 Å². The Bertz CT molecular complexity index is 591. The molecule has 1 saturated carbocycles. The van der Waals surface area contributed by atoms with Gasteiger partial charge in [0, 0.05) is 17.1 Å². The van der Waals surface area contributed by atoms with Crippen LogP contribution < -0.4 is 5.32 Å². The van der Waals surface area contributed by atoms with Gasteiger partial charge in [-0.1, -0.05) is 17.7 Å². The van der Waals surface area contributed by atoms with Crippen molar-refractivity contribution in [3.63, 3.8) is 0 Å². The molecule has 1 N–H and O–H groups in total. The zero-order valence-corrected chi connectivity index (χ0v) is 13.7. The van der Waals surface area contributed by atoms with E-state index >= 15 is 0 Å². The second kappa shape index (κ2) is 5.67. The number of carbonyl (C=O) groups is 2. The Morgan fingerprint density at radius 1 is 1.38 bits per heavy atom. The van der Waals surface area contributed by atoms with Crippen molar-refractivity contribution in [2.24, 2.45) is 5.41 Å². The van der Waals surface area contributed by atoms with Crippen LogP contribution in [-0.4, -0.2) is 22.3 Å². The third kappa shape index (κ3) is 3.44. The minimum absolute atomic E-state index is 0.310. The van der Waals surface area contributed by atoms with Crippen molar-refractivity contribution < 1.29 is 14.3 Å². The highest BCUT2D eigenvalue weighted by Gasteiger charge is 2.69. The summed E-state index contributed by atoms with van der Waals surface area (Å²) in [6.45, 7) is 3.09. The second-order valence-electron chi connectivity index (χ2n) is 5.26. The number of benzene rings is 1. The summed E-state index contributed by atoms with van der Waals surface area (Å²) in [5.41, 5.74) is -0.433. The molecule has 0 bridgehead atoms. The van der Waals surface area contributed by atoms with Crippen LogP contribution in [0, 0.1) is 5.41 Å². The lowest BCUT2D eigenvalue weighted by atomic mass is 10.1. The molecule has 21 heavy (non-hydrogen) atoms. The lowest BCUT2D eigenvalue weighted by molar-refractivity contribution is -0.158. The minimum Gasteiger partial charge on any atom is -0.452 e. The molecule has 114 valence electrons. The summed E-state index contributed by atoms with van der Waals surface area (Å²) in [5, 5.41) is 3.11. The van der Waals surface area contributed by atoms with Crippen LogP contribution in [0.4, 0.5) is 5.69 Å². The van der Waals surface area contributed by atoms with Gasteiger partial charge in [-0.15, -0.1) is 23.2 Å². The fraction of sp³-hybridized carbons (Fsp3) is 0.429. The number of ether oxygens (including phenoxy) is 1. The van der Waals surface area contributed by atoms with E-state index in [-0.39, 0.29) is 0 Å². The summed E-state index contributed by atoms with van der Waals surface area (Å²) in [4.78, 5) is 23.9. The maximum absolute atomic E-state index is 12.0. The quantitative estimate of drug-likeness (QED) is 0.664. The predicted octanol–water partition coefficient (Wildman–Crippen LogP) is 3.79. The van der Waals surface area contributed by atoms with Gasteiger partial charge in [-0.05, 0) is 32.0 Å². The Hall–Kier alpha value is -0.970. The van der Waals surface area contributed by atoms with Gasteiger partial charge >= 0.3 is 5.97 Å². The second-order valence-corrected chi connectivity index (χ2v) is 7.18. The smallest absolute Gasteiger partial charge is 0.315 e. The number of esters is 1. The summed E-state index contributed by atoms with van der Waals surface area (Å²) in [6, 6.07) is 6.67. The molecule has 2 rings (SSSR count). The number of hydrogen-bond donors (Lipinski definition) is 1. The molecule has 0 aromatic heterocycles. The maximum atomic E-state index is 12.0. The van der Waals surface area contributed by atoms with Gasteiger partial charge in [-0.3, -0.25) is 9.59 Å². The number of anilines is 1. The van der Waals surface area contributed by atoms with Gasteiger partial charge in [0.25, 0.3) is 5.91 Å². The summed E-state index contributed by atoms with van der Waals surface area (Å²) >= 11 is 17.6. The van der Waals surface area contributed by atoms with E-state index < -0.39 is 27.7 Å². The van der Waals surface area contributed by atoms with Gasteiger partial charge in [0.05, 0.1) is 0 Å². The molecule has 0 unspecified atom stereocenters. The van der Waals surface area contributed by atoms with Gasteiger partial charge < -0.3 is 10.1 Å².